The first-order valence-electron chi connectivity index (χ1n) is 7.77. The van der Waals surface area contributed by atoms with Crippen LogP contribution in [0.5, 0.6) is 5.75 Å². The summed E-state index contributed by atoms with van der Waals surface area (Å²) in [4.78, 5) is 12.0. The van der Waals surface area contributed by atoms with Gasteiger partial charge in [0.1, 0.15) is 5.75 Å². The Labute approximate surface area is 135 Å². The van der Waals surface area contributed by atoms with Crippen molar-refractivity contribution in [3.8, 4) is 11.4 Å². The maximum atomic E-state index is 12.0. The van der Waals surface area contributed by atoms with Crippen molar-refractivity contribution in [2.24, 2.45) is 0 Å². The molecular formula is C17H20N2O4. The molecule has 6 nitrogen and oxygen atoms in total. The van der Waals surface area contributed by atoms with Gasteiger partial charge in [0, 0.05) is 19.0 Å². The Balaban J connectivity index is 1.50. The maximum Gasteiger partial charge on any atom is 0.340 e. The number of esters is 1. The number of hydrogen-bond acceptors (Lipinski definition) is 5. The van der Waals surface area contributed by atoms with E-state index in [2.05, 4.69) is 5.10 Å². The number of nitrogens with zero attached hydrogens (tertiary/aromatic N) is 2. The molecule has 0 saturated carbocycles. The summed E-state index contributed by atoms with van der Waals surface area (Å²) >= 11 is 0. The molecule has 6 heteroatoms. The highest BCUT2D eigenvalue weighted by Crippen LogP contribution is 2.16. The third kappa shape index (κ3) is 4.18. The van der Waals surface area contributed by atoms with Crippen molar-refractivity contribution in [1.82, 2.24) is 9.78 Å². The molecule has 2 aromatic rings. The smallest absolute Gasteiger partial charge is 0.340 e. The fourth-order valence-electron chi connectivity index (χ4n) is 2.38. The van der Waals surface area contributed by atoms with Crippen LogP contribution in [0.25, 0.3) is 5.69 Å². The van der Waals surface area contributed by atoms with E-state index in [9.17, 15) is 4.79 Å². The van der Waals surface area contributed by atoms with Crippen molar-refractivity contribution in [2.45, 2.75) is 32.0 Å². The molecule has 0 N–H and O–H groups in total. The van der Waals surface area contributed by atoms with Gasteiger partial charge in [-0.15, -0.1) is 0 Å². The maximum absolute atomic E-state index is 12.0. The third-order valence-electron chi connectivity index (χ3n) is 3.71. The molecule has 0 amide bonds. The summed E-state index contributed by atoms with van der Waals surface area (Å²) in [6.07, 6.45) is 5.07. The molecule has 1 saturated heterocycles. The summed E-state index contributed by atoms with van der Waals surface area (Å²) in [6.45, 7) is 2.89. The fourth-order valence-corrected chi connectivity index (χ4v) is 2.38. The summed E-state index contributed by atoms with van der Waals surface area (Å²) in [7, 11) is 0. The normalized spacial score (nSPS) is 18.7. The van der Waals surface area contributed by atoms with Crippen molar-refractivity contribution < 1.29 is 19.0 Å². The molecule has 0 unspecified atom stereocenters. The average molecular weight is 316 g/mol. The van der Waals surface area contributed by atoms with Crippen LogP contribution in [0, 0.1) is 0 Å². The lowest BCUT2D eigenvalue weighted by Crippen LogP contribution is -2.29. The van der Waals surface area contributed by atoms with Crippen LogP contribution in [0.2, 0.25) is 0 Å². The van der Waals surface area contributed by atoms with Gasteiger partial charge in [0.2, 0.25) is 0 Å². The van der Waals surface area contributed by atoms with Crippen LogP contribution in [0.15, 0.2) is 42.7 Å². The highest BCUT2D eigenvalue weighted by atomic mass is 16.6. The van der Waals surface area contributed by atoms with E-state index in [0.29, 0.717) is 12.4 Å². The zero-order chi connectivity index (χ0) is 16.1. The van der Waals surface area contributed by atoms with Gasteiger partial charge in [-0.25, -0.2) is 9.48 Å². The van der Waals surface area contributed by atoms with Crippen LogP contribution >= 0.6 is 0 Å². The van der Waals surface area contributed by atoms with E-state index in [1.54, 1.807) is 29.9 Å². The van der Waals surface area contributed by atoms with Gasteiger partial charge in [-0.2, -0.15) is 5.10 Å². The lowest BCUT2D eigenvalue weighted by Gasteiger charge is -2.15. The zero-order valence-electron chi connectivity index (χ0n) is 13.1. The Kier molecular flexibility index (Phi) is 5.05. The Hall–Kier alpha value is -2.18. The minimum absolute atomic E-state index is 0.0959. The molecule has 0 radical (unpaired) electrons. The van der Waals surface area contributed by atoms with E-state index in [1.807, 2.05) is 24.4 Å². The molecule has 1 aromatic carbocycles. The van der Waals surface area contributed by atoms with Gasteiger partial charge in [-0.1, -0.05) is 0 Å². The Morgan fingerprint density at radius 1 is 1.43 bits per heavy atom. The minimum Gasteiger partial charge on any atom is -0.425 e. The predicted octanol–water partition coefficient (Wildman–Crippen LogP) is 2.36. The Morgan fingerprint density at radius 2 is 2.26 bits per heavy atom. The first-order chi connectivity index (χ1) is 11.2. The van der Waals surface area contributed by atoms with E-state index < -0.39 is 12.1 Å². The second kappa shape index (κ2) is 7.39. The van der Waals surface area contributed by atoms with E-state index in [-0.39, 0.29) is 6.10 Å². The summed E-state index contributed by atoms with van der Waals surface area (Å²) in [5.74, 6) is 0.0771. The lowest BCUT2D eigenvalue weighted by atomic mass is 10.2. The monoisotopic (exact) mass is 316 g/mol. The van der Waals surface area contributed by atoms with Gasteiger partial charge in [0.05, 0.1) is 18.4 Å². The van der Waals surface area contributed by atoms with Crippen LogP contribution < -0.4 is 4.74 Å². The topological polar surface area (TPSA) is 62.6 Å². The summed E-state index contributed by atoms with van der Waals surface area (Å²) in [6, 6.07) is 9.01. The fraction of sp³-hybridized carbons (Fsp3) is 0.412. The molecule has 1 aromatic heterocycles. The largest absolute Gasteiger partial charge is 0.425 e. The molecule has 122 valence electrons. The molecule has 1 aliphatic heterocycles. The Morgan fingerprint density at radius 3 is 2.91 bits per heavy atom. The number of carbonyl (C=O) groups is 1. The van der Waals surface area contributed by atoms with E-state index in [0.717, 1.165) is 25.1 Å². The quantitative estimate of drug-likeness (QED) is 0.605. The standard InChI is InChI=1S/C17H20N2O4/c1-13(22-12-16-4-2-11-21-16)17(20)23-15-7-5-14(6-8-15)19-10-3-9-18-19/h3,5-10,13,16H,2,4,11-12H2,1H3/t13-,16-/m1/s1. The molecule has 23 heavy (non-hydrogen) atoms. The van der Waals surface area contributed by atoms with Crippen molar-refractivity contribution in [1.29, 1.82) is 0 Å². The van der Waals surface area contributed by atoms with Crippen LogP contribution in [0.1, 0.15) is 19.8 Å². The molecular weight excluding hydrogens is 296 g/mol. The summed E-state index contributed by atoms with van der Waals surface area (Å²) in [5.41, 5.74) is 0.900. The molecule has 3 rings (SSSR count). The van der Waals surface area contributed by atoms with Gasteiger partial charge in [-0.3, -0.25) is 0 Å². The number of benzene rings is 1. The summed E-state index contributed by atoms with van der Waals surface area (Å²) in [5, 5.41) is 4.14. The van der Waals surface area contributed by atoms with E-state index in [4.69, 9.17) is 14.2 Å². The van der Waals surface area contributed by atoms with Crippen LogP contribution in [-0.4, -0.2) is 41.2 Å². The van der Waals surface area contributed by atoms with Gasteiger partial charge in [0.15, 0.2) is 6.10 Å². The highest BCUT2D eigenvalue weighted by molar-refractivity contribution is 5.76. The van der Waals surface area contributed by atoms with E-state index >= 15 is 0 Å². The van der Waals surface area contributed by atoms with Gasteiger partial charge in [0.25, 0.3) is 0 Å². The highest BCUT2D eigenvalue weighted by Gasteiger charge is 2.21. The number of aromatic nitrogens is 2. The third-order valence-corrected chi connectivity index (χ3v) is 3.71. The average Bonchev–Trinajstić information content (AvgIpc) is 3.26. The molecule has 1 aliphatic rings. The number of ether oxygens (including phenoxy) is 3. The molecule has 0 spiro atoms. The predicted molar refractivity (Wildman–Crippen MR) is 83.6 cm³/mol. The van der Waals surface area contributed by atoms with Gasteiger partial charge >= 0.3 is 5.97 Å². The molecule has 0 bridgehead atoms. The van der Waals surface area contributed by atoms with Crippen LogP contribution in [-0.2, 0) is 14.3 Å². The van der Waals surface area contributed by atoms with E-state index in [1.165, 1.54) is 0 Å². The molecule has 2 atom stereocenters. The minimum atomic E-state index is -0.620. The Bertz CT molecular complexity index is 619. The lowest BCUT2D eigenvalue weighted by molar-refractivity contribution is -0.148. The van der Waals surface area contributed by atoms with Gasteiger partial charge in [-0.05, 0) is 50.1 Å². The molecule has 1 fully saturated rings. The number of hydrogen-bond donors (Lipinski definition) is 0. The van der Waals surface area contributed by atoms with Crippen molar-refractivity contribution in [3.63, 3.8) is 0 Å². The second-order valence-electron chi connectivity index (χ2n) is 5.48. The number of carbonyl (C=O) groups excluding carboxylic acids is 1. The first kappa shape index (κ1) is 15.7. The SMILES string of the molecule is C[C@@H](OC[C@H]1CCCO1)C(=O)Oc1ccc(-n2cccn2)cc1. The molecule has 0 aliphatic carbocycles. The second-order valence-corrected chi connectivity index (χ2v) is 5.48. The van der Waals surface area contributed by atoms with Gasteiger partial charge < -0.3 is 14.2 Å². The van der Waals surface area contributed by atoms with Crippen molar-refractivity contribution in [3.05, 3.63) is 42.7 Å². The van der Waals surface area contributed by atoms with Crippen LogP contribution in [0.4, 0.5) is 0 Å². The first-order valence-corrected chi connectivity index (χ1v) is 7.77. The summed E-state index contributed by atoms with van der Waals surface area (Å²) < 4.78 is 18.1. The van der Waals surface area contributed by atoms with Crippen molar-refractivity contribution >= 4 is 5.97 Å². The number of rotatable bonds is 6. The molecule has 2 heterocycles. The van der Waals surface area contributed by atoms with Crippen molar-refractivity contribution in [2.75, 3.05) is 13.2 Å². The zero-order valence-corrected chi connectivity index (χ0v) is 13.1. The van der Waals surface area contributed by atoms with Crippen LogP contribution in [0.3, 0.4) is 0 Å².